The number of nitrogens with one attached hydrogen (secondary N) is 2. The zero-order valence-electron chi connectivity index (χ0n) is 19.9. The molecule has 3 N–H and O–H groups in total. The predicted octanol–water partition coefficient (Wildman–Crippen LogP) is 4.70. The molecule has 0 saturated heterocycles. The van der Waals surface area contributed by atoms with Crippen LogP contribution in [0.4, 0.5) is 23.1 Å². The molecule has 0 bridgehead atoms. The van der Waals surface area contributed by atoms with Gasteiger partial charge in [0.25, 0.3) is 0 Å². The summed E-state index contributed by atoms with van der Waals surface area (Å²) in [5.74, 6) is 2.62. The molecule has 2 aromatic heterocycles. The van der Waals surface area contributed by atoms with Crippen molar-refractivity contribution in [3.8, 4) is 17.2 Å². The summed E-state index contributed by atoms with van der Waals surface area (Å²) in [7, 11) is 5.83. The average Bonchev–Trinajstić information content (AvgIpc) is 2.81. The molecule has 1 aliphatic rings. The lowest BCUT2D eigenvalue weighted by atomic mass is 9.88. The first-order valence-electron chi connectivity index (χ1n) is 11.4. The summed E-state index contributed by atoms with van der Waals surface area (Å²) < 4.78 is 11.7. The molecule has 4 aromatic rings. The minimum atomic E-state index is 0.197. The van der Waals surface area contributed by atoms with Crippen LogP contribution < -0.4 is 20.1 Å². The summed E-state index contributed by atoms with van der Waals surface area (Å²) in [5.41, 5.74) is 2.34. The Labute approximate surface area is 203 Å². The van der Waals surface area contributed by atoms with E-state index in [1.54, 1.807) is 43.8 Å². The van der Waals surface area contributed by atoms with Crippen molar-refractivity contribution in [3.05, 3.63) is 60.9 Å². The number of methoxy groups -OCH3 is 1. The van der Waals surface area contributed by atoms with Gasteiger partial charge in [0.2, 0.25) is 5.95 Å². The third-order valence-electron chi connectivity index (χ3n) is 6.11. The highest BCUT2D eigenvalue weighted by Gasteiger charge is 2.32. The van der Waals surface area contributed by atoms with Crippen molar-refractivity contribution in [3.63, 3.8) is 0 Å². The van der Waals surface area contributed by atoms with Crippen LogP contribution in [0.25, 0.3) is 10.9 Å². The highest BCUT2D eigenvalue weighted by atomic mass is 16.5. The number of hydrogen-bond donors (Lipinski definition) is 3. The molecule has 35 heavy (non-hydrogen) atoms. The lowest BCUT2D eigenvalue weighted by Crippen LogP contribution is -2.46. The monoisotopic (exact) mass is 472 g/mol. The maximum absolute atomic E-state index is 9.74. The van der Waals surface area contributed by atoms with Crippen molar-refractivity contribution < 1.29 is 14.6 Å². The quantitative estimate of drug-likeness (QED) is 0.337. The summed E-state index contributed by atoms with van der Waals surface area (Å²) in [6.45, 7) is 0. The second-order valence-corrected chi connectivity index (χ2v) is 8.81. The summed E-state index contributed by atoms with van der Waals surface area (Å²) in [5, 5.41) is 17.0. The number of ether oxygens (including phenoxy) is 2. The number of anilines is 4. The van der Waals surface area contributed by atoms with Gasteiger partial charge in [0.15, 0.2) is 11.5 Å². The molecule has 2 heterocycles. The normalized spacial score (nSPS) is 17.1. The largest absolute Gasteiger partial charge is 0.508 e. The van der Waals surface area contributed by atoms with Crippen LogP contribution in [0.5, 0.6) is 17.2 Å². The first kappa shape index (κ1) is 22.7. The molecule has 0 radical (unpaired) electrons. The molecule has 0 spiro atoms. The molecule has 9 nitrogen and oxygen atoms in total. The topological polar surface area (TPSA) is 105 Å². The second-order valence-electron chi connectivity index (χ2n) is 8.81. The molecule has 1 aliphatic carbocycles. The van der Waals surface area contributed by atoms with Gasteiger partial charge in [0.1, 0.15) is 17.7 Å². The minimum absolute atomic E-state index is 0.197. The summed E-state index contributed by atoms with van der Waals surface area (Å²) >= 11 is 0. The average molecular weight is 473 g/mol. The predicted molar refractivity (Wildman–Crippen MR) is 136 cm³/mol. The summed E-state index contributed by atoms with van der Waals surface area (Å²) in [6.07, 6.45) is 5.62. The molecule has 0 unspecified atom stereocenters. The van der Waals surface area contributed by atoms with Crippen LogP contribution in [0.1, 0.15) is 12.8 Å². The number of aromatic nitrogens is 3. The van der Waals surface area contributed by atoms with E-state index in [9.17, 15) is 5.11 Å². The molecular formula is C26H28N6O3. The van der Waals surface area contributed by atoms with Gasteiger partial charge in [-0.3, -0.25) is 4.98 Å². The molecule has 1 saturated carbocycles. The maximum Gasteiger partial charge on any atom is 0.229 e. The number of phenols is 1. The third kappa shape index (κ3) is 5.20. The highest BCUT2D eigenvalue weighted by Crippen LogP contribution is 2.36. The van der Waals surface area contributed by atoms with Crippen LogP contribution in [0, 0.1) is 0 Å². The Kier molecular flexibility index (Phi) is 6.24. The van der Waals surface area contributed by atoms with Gasteiger partial charge in [-0.05, 0) is 69.4 Å². The van der Waals surface area contributed by atoms with Crippen LogP contribution in [0.15, 0.2) is 60.9 Å². The van der Waals surface area contributed by atoms with Crippen molar-refractivity contribution in [1.29, 1.82) is 0 Å². The lowest BCUT2D eigenvalue weighted by Gasteiger charge is -2.39. The van der Waals surface area contributed by atoms with Gasteiger partial charge in [-0.1, -0.05) is 0 Å². The first-order chi connectivity index (χ1) is 17.0. The number of hydrogen-bond acceptors (Lipinski definition) is 9. The van der Waals surface area contributed by atoms with Crippen LogP contribution in [0.2, 0.25) is 0 Å². The Bertz CT molecular complexity index is 1340. The summed E-state index contributed by atoms with van der Waals surface area (Å²) in [4.78, 5) is 15.5. The Morgan fingerprint density at radius 2 is 1.80 bits per heavy atom. The van der Waals surface area contributed by atoms with Gasteiger partial charge >= 0.3 is 0 Å². The summed E-state index contributed by atoms with van der Waals surface area (Å²) in [6, 6.07) is 15.0. The van der Waals surface area contributed by atoms with Crippen molar-refractivity contribution >= 4 is 34.0 Å². The van der Waals surface area contributed by atoms with Crippen LogP contribution in [0.3, 0.4) is 0 Å². The van der Waals surface area contributed by atoms with E-state index in [1.807, 2.05) is 24.3 Å². The Morgan fingerprint density at radius 3 is 2.60 bits per heavy atom. The second kappa shape index (κ2) is 9.63. The molecule has 180 valence electrons. The van der Waals surface area contributed by atoms with Gasteiger partial charge in [-0.2, -0.15) is 4.98 Å². The van der Waals surface area contributed by atoms with Gasteiger partial charge < -0.3 is 30.1 Å². The number of rotatable bonds is 8. The molecule has 0 atom stereocenters. The maximum atomic E-state index is 9.74. The molecular weight excluding hydrogens is 444 g/mol. The Balaban J connectivity index is 1.27. The van der Waals surface area contributed by atoms with E-state index in [0.717, 1.165) is 40.9 Å². The van der Waals surface area contributed by atoms with Crippen molar-refractivity contribution in [2.45, 2.75) is 25.0 Å². The van der Waals surface area contributed by atoms with E-state index in [4.69, 9.17) is 9.47 Å². The molecule has 1 fully saturated rings. The van der Waals surface area contributed by atoms with Crippen molar-refractivity contribution in [2.75, 3.05) is 31.8 Å². The fraction of sp³-hybridized carbons (Fsp3) is 0.269. The van der Waals surface area contributed by atoms with E-state index in [0.29, 0.717) is 23.6 Å². The molecule has 2 aromatic carbocycles. The Morgan fingerprint density at radius 1 is 0.943 bits per heavy atom. The van der Waals surface area contributed by atoms with Gasteiger partial charge in [0, 0.05) is 29.4 Å². The lowest BCUT2D eigenvalue weighted by molar-refractivity contribution is 0.0383. The fourth-order valence-corrected chi connectivity index (χ4v) is 4.03. The number of nitrogens with zero attached hydrogens (tertiary/aromatic N) is 4. The number of phenolic OH excluding ortho intramolecular Hbond substituents is 1. The minimum Gasteiger partial charge on any atom is -0.508 e. The van der Waals surface area contributed by atoms with E-state index in [1.165, 1.54) is 0 Å². The van der Waals surface area contributed by atoms with Crippen LogP contribution >= 0.6 is 0 Å². The third-order valence-corrected chi connectivity index (χ3v) is 6.11. The fourth-order valence-electron chi connectivity index (χ4n) is 4.03. The van der Waals surface area contributed by atoms with Gasteiger partial charge in [-0.25, -0.2) is 4.98 Å². The van der Waals surface area contributed by atoms with Crippen LogP contribution in [-0.2, 0) is 0 Å². The molecule has 5 rings (SSSR count). The first-order valence-corrected chi connectivity index (χ1v) is 11.4. The van der Waals surface area contributed by atoms with Crippen molar-refractivity contribution in [1.82, 2.24) is 19.9 Å². The molecule has 0 aliphatic heterocycles. The van der Waals surface area contributed by atoms with E-state index in [2.05, 4.69) is 44.6 Å². The number of fused-ring (bicyclic) bond motifs is 1. The zero-order valence-corrected chi connectivity index (χ0v) is 19.9. The van der Waals surface area contributed by atoms with E-state index < -0.39 is 0 Å². The number of pyridine rings is 1. The van der Waals surface area contributed by atoms with E-state index >= 15 is 0 Å². The SMILES string of the molecule is COc1cc(Nc2nccc(Nc3cnc4ccc(O)cc4c3)n2)ccc1OC1CC(N(C)C)C1. The van der Waals surface area contributed by atoms with Gasteiger partial charge in [-0.15, -0.1) is 0 Å². The molecule has 9 heteroatoms. The number of aromatic hydroxyl groups is 1. The van der Waals surface area contributed by atoms with Crippen molar-refractivity contribution in [2.24, 2.45) is 0 Å². The zero-order chi connectivity index (χ0) is 24.4. The van der Waals surface area contributed by atoms with Gasteiger partial charge in [0.05, 0.1) is 24.5 Å². The Hall–Kier alpha value is -4.11. The smallest absolute Gasteiger partial charge is 0.229 e. The highest BCUT2D eigenvalue weighted by molar-refractivity contribution is 5.83. The number of benzene rings is 2. The van der Waals surface area contributed by atoms with Crippen LogP contribution in [-0.4, -0.2) is 58.3 Å². The molecule has 0 amide bonds. The van der Waals surface area contributed by atoms with E-state index in [-0.39, 0.29) is 11.9 Å². The standard InChI is InChI=1S/C26H28N6O3/c1-32(2)19-13-21(14-19)35-23-7-4-17(12-24(23)34-3)30-26-27-9-8-25(31-26)29-18-10-16-11-20(33)5-6-22(16)28-15-18/h4-12,15,19,21,33H,13-14H2,1-3H3,(H2,27,29,30,31).